The number of anilines is 1. The highest BCUT2D eigenvalue weighted by Crippen LogP contribution is 2.16. The molecule has 0 aliphatic carbocycles. The highest BCUT2D eigenvalue weighted by molar-refractivity contribution is 5.97. The fourth-order valence-electron chi connectivity index (χ4n) is 3.32. The van der Waals surface area contributed by atoms with E-state index in [1.807, 2.05) is 30.3 Å². The molecule has 2 aromatic rings. The van der Waals surface area contributed by atoms with Crippen molar-refractivity contribution in [3.8, 4) is 0 Å². The molecular weight excluding hydrogens is 514 g/mol. The summed E-state index contributed by atoms with van der Waals surface area (Å²) in [5, 5.41) is 31.7. The van der Waals surface area contributed by atoms with Gasteiger partial charge < -0.3 is 30.7 Å². The van der Waals surface area contributed by atoms with Gasteiger partial charge in [0.1, 0.15) is 18.7 Å². The Kier molecular flexibility index (Phi) is 11.4. The second-order valence-electron chi connectivity index (χ2n) is 8.44. The van der Waals surface area contributed by atoms with Gasteiger partial charge in [-0.3, -0.25) is 19.3 Å². The van der Waals surface area contributed by atoms with Crippen molar-refractivity contribution < 1.29 is 48.8 Å². The number of rotatable bonds is 14. The first kappa shape index (κ1) is 30.3. The van der Waals surface area contributed by atoms with Gasteiger partial charge in [-0.2, -0.15) is 0 Å². The average Bonchev–Trinajstić information content (AvgIpc) is 2.91. The highest BCUT2D eigenvalue weighted by Gasteiger charge is 2.25. The molecule has 0 saturated carbocycles. The first-order chi connectivity index (χ1) is 18.5. The van der Waals surface area contributed by atoms with Gasteiger partial charge in [0.15, 0.2) is 0 Å². The molecule has 2 rings (SSSR count). The first-order valence-electron chi connectivity index (χ1n) is 11.8. The summed E-state index contributed by atoms with van der Waals surface area (Å²) in [6.07, 6.45) is -2.21. The highest BCUT2D eigenvalue weighted by atomic mass is 16.6. The summed E-state index contributed by atoms with van der Waals surface area (Å²) in [7, 11) is 1.49. The molecule has 0 radical (unpaired) electrons. The smallest absolute Gasteiger partial charge is 0.414 e. The minimum absolute atomic E-state index is 0.0817. The minimum Gasteiger partial charge on any atom is -0.481 e. The van der Waals surface area contributed by atoms with Gasteiger partial charge in [-0.15, -0.1) is 0 Å². The van der Waals surface area contributed by atoms with E-state index in [0.717, 1.165) is 5.56 Å². The Labute approximate surface area is 223 Å². The lowest BCUT2D eigenvalue weighted by molar-refractivity contribution is -0.143. The fourth-order valence-corrected chi connectivity index (χ4v) is 3.32. The first-order valence-corrected chi connectivity index (χ1v) is 11.8. The van der Waals surface area contributed by atoms with Crippen molar-refractivity contribution in [2.24, 2.45) is 0 Å². The number of carbonyl (C=O) groups is 6. The number of carboxylic acid groups (broad SMARTS) is 3. The molecule has 0 fully saturated rings. The zero-order valence-electron chi connectivity index (χ0n) is 21.0. The normalized spacial score (nSPS) is 11.9. The molecule has 0 aromatic heterocycles. The average molecular weight is 544 g/mol. The summed E-state index contributed by atoms with van der Waals surface area (Å²) in [5.74, 6) is -5.61. The fraction of sp³-hybridized carbons (Fsp3) is 0.308. The summed E-state index contributed by atoms with van der Waals surface area (Å²) in [6, 6.07) is 11.9. The second kappa shape index (κ2) is 14.7. The Balaban J connectivity index is 1.91. The van der Waals surface area contributed by atoms with Gasteiger partial charge in [-0.05, 0) is 42.7 Å². The van der Waals surface area contributed by atoms with Crippen molar-refractivity contribution in [2.75, 3.05) is 11.9 Å². The minimum atomic E-state index is -1.46. The van der Waals surface area contributed by atoms with Crippen molar-refractivity contribution in [2.45, 2.75) is 44.4 Å². The Hall–Kier alpha value is -4.94. The molecule has 0 aliphatic rings. The second-order valence-corrected chi connectivity index (χ2v) is 8.44. The largest absolute Gasteiger partial charge is 0.481 e. The van der Waals surface area contributed by atoms with E-state index in [1.54, 1.807) is 0 Å². The maximum Gasteiger partial charge on any atom is 0.414 e. The van der Waals surface area contributed by atoms with Gasteiger partial charge in [0.2, 0.25) is 5.91 Å². The molecule has 208 valence electrons. The predicted molar refractivity (Wildman–Crippen MR) is 136 cm³/mol. The van der Waals surface area contributed by atoms with Crippen LogP contribution in [-0.2, 0) is 30.5 Å². The maximum absolute atomic E-state index is 12.6. The Morgan fingerprint density at radius 2 is 1.36 bits per heavy atom. The molecule has 0 aliphatic heterocycles. The molecule has 0 saturated heterocycles. The third-order valence-electron chi connectivity index (χ3n) is 5.54. The molecule has 5 N–H and O–H groups in total. The van der Waals surface area contributed by atoms with Crippen molar-refractivity contribution >= 4 is 41.5 Å². The van der Waals surface area contributed by atoms with Crippen molar-refractivity contribution in [3.05, 3.63) is 65.7 Å². The molecule has 13 heteroatoms. The Morgan fingerprint density at radius 1 is 0.795 bits per heavy atom. The van der Waals surface area contributed by atoms with E-state index in [1.165, 1.54) is 36.2 Å². The zero-order chi connectivity index (χ0) is 28.9. The number of carboxylic acids is 3. The number of aliphatic carboxylic acids is 3. The Bertz CT molecular complexity index is 1180. The standard InChI is InChI=1S/C26H29N3O10/c1-29(26(38)39-15-16-5-3-2-4-6-16)18-9-7-17(8-10-18)23(33)28-20(25(36)37)11-13-21(30)27-19(24(34)35)12-14-22(31)32/h2-10,19-20H,11-15H2,1H3,(H,27,30)(H,28,33)(H,31,32)(H,34,35)(H,36,37)/t19-,20-/m0/s1. The number of hydrogen-bond donors (Lipinski definition) is 5. The summed E-state index contributed by atoms with van der Waals surface area (Å²) in [4.78, 5) is 71.7. The number of carbonyl (C=O) groups excluding carboxylic acids is 3. The Morgan fingerprint density at radius 3 is 1.92 bits per heavy atom. The van der Waals surface area contributed by atoms with Gasteiger partial charge in [0.25, 0.3) is 5.91 Å². The number of nitrogens with zero attached hydrogens (tertiary/aromatic N) is 1. The molecule has 3 amide bonds. The van der Waals surface area contributed by atoms with Crippen LogP contribution in [0.1, 0.15) is 41.6 Å². The number of amides is 3. The van der Waals surface area contributed by atoms with E-state index < -0.39 is 60.7 Å². The van der Waals surface area contributed by atoms with Crippen LogP contribution >= 0.6 is 0 Å². The maximum atomic E-state index is 12.6. The SMILES string of the molecule is CN(C(=O)OCc1ccccc1)c1ccc(C(=O)N[C@@H](CCC(=O)N[C@@H](CCC(=O)O)C(=O)O)C(=O)O)cc1. The van der Waals surface area contributed by atoms with Crippen LogP contribution in [0, 0.1) is 0 Å². The van der Waals surface area contributed by atoms with E-state index in [4.69, 9.17) is 14.9 Å². The van der Waals surface area contributed by atoms with Crippen LogP contribution in [0.4, 0.5) is 10.5 Å². The molecule has 0 spiro atoms. The third kappa shape index (κ3) is 10.1. The van der Waals surface area contributed by atoms with Crippen molar-refractivity contribution in [3.63, 3.8) is 0 Å². The molecule has 2 aromatic carbocycles. The van der Waals surface area contributed by atoms with Crippen LogP contribution in [0.3, 0.4) is 0 Å². The van der Waals surface area contributed by atoms with Crippen molar-refractivity contribution in [1.82, 2.24) is 10.6 Å². The zero-order valence-corrected chi connectivity index (χ0v) is 21.0. The number of hydrogen-bond acceptors (Lipinski definition) is 7. The predicted octanol–water partition coefficient (Wildman–Crippen LogP) is 1.86. The molecular formula is C26H29N3O10. The van der Waals surface area contributed by atoms with Gasteiger partial charge in [0, 0.05) is 31.1 Å². The summed E-state index contributed by atoms with van der Waals surface area (Å²) >= 11 is 0. The van der Waals surface area contributed by atoms with E-state index in [9.17, 15) is 33.9 Å². The monoisotopic (exact) mass is 543 g/mol. The topological polar surface area (TPSA) is 200 Å². The van der Waals surface area contributed by atoms with Crippen LogP contribution in [0.2, 0.25) is 0 Å². The molecule has 0 unspecified atom stereocenters. The van der Waals surface area contributed by atoms with E-state index in [2.05, 4.69) is 10.6 Å². The third-order valence-corrected chi connectivity index (χ3v) is 5.54. The molecule has 0 heterocycles. The summed E-state index contributed by atoms with van der Waals surface area (Å²) in [6.45, 7) is 0.0817. The lowest BCUT2D eigenvalue weighted by Crippen LogP contribution is -2.44. The van der Waals surface area contributed by atoms with Crippen LogP contribution in [-0.4, -0.2) is 70.3 Å². The molecule has 2 atom stereocenters. The summed E-state index contributed by atoms with van der Waals surface area (Å²) < 4.78 is 5.26. The van der Waals surface area contributed by atoms with Gasteiger partial charge in [-0.25, -0.2) is 14.4 Å². The van der Waals surface area contributed by atoms with E-state index >= 15 is 0 Å². The lowest BCUT2D eigenvalue weighted by Gasteiger charge is -2.18. The van der Waals surface area contributed by atoms with Gasteiger partial charge in [0.05, 0.1) is 0 Å². The molecule has 0 bridgehead atoms. The van der Waals surface area contributed by atoms with Gasteiger partial charge in [-0.1, -0.05) is 30.3 Å². The van der Waals surface area contributed by atoms with Crippen LogP contribution in [0.25, 0.3) is 0 Å². The number of nitrogens with one attached hydrogen (secondary N) is 2. The van der Waals surface area contributed by atoms with Crippen molar-refractivity contribution in [1.29, 1.82) is 0 Å². The van der Waals surface area contributed by atoms with E-state index in [0.29, 0.717) is 5.69 Å². The molecule has 13 nitrogen and oxygen atoms in total. The van der Waals surface area contributed by atoms with Gasteiger partial charge >= 0.3 is 24.0 Å². The van der Waals surface area contributed by atoms with Crippen LogP contribution < -0.4 is 15.5 Å². The summed E-state index contributed by atoms with van der Waals surface area (Å²) in [5.41, 5.74) is 1.34. The lowest BCUT2D eigenvalue weighted by atomic mass is 10.1. The van der Waals surface area contributed by atoms with Crippen LogP contribution in [0.5, 0.6) is 0 Å². The van der Waals surface area contributed by atoms with Crippen LogP contribution in [0.15, 0.2) is 54.6 Å². The van der Waals surface area contributed by atoms with E-state index in [-0.39, 0.29) is 25.0 Å². The number of ether oxygens (including phenoxy) is 1. The quantitative estimate of drug-likeness (QED) is 0.234. The molecule has 39 heavy (non-hydrogen) atoms. The number of benzene rings is 2.